The van der Waals surface area contributed by atoms with Crippen LogP contribution in [0.2, 0.25) is 0 Å². The van der Waals surface area contributed by atoms with E-state index < -0.39 is 58.6 Å². The lowest BCUT2D eigenvalue weighted by Crippen LogP contribution is -2.33. The van der Waals surface area contributed by atoms with Crippen molar-refractivity contribution < 1.29 is 45.4 Å². The number of hydrogen-bond acceptors (Lipinski definition) is 8. The van der Waals surface area contributed by atoms with Gasteiger partial charge in [-0.1, -0.05) is 45.5 Å². The van der Waals surface area contributed by atoms with Gasteiger partial charge in [-0.25, -0.2) is 9.59 Å². The van der Waals surface area contributed by atoms with E-state index in [0.717, 1.165) is 28.1 Å². The summed E-state index contributed by atoms with van der Waals surface area (Å²) >= 11 is 2.81. The number of halogens is 7. The van der Waals surface area contributed by atoms with Gasteiger partial charge >= 0.3 is 24.3 Å². The molecule has 0 radical (unpaired) electrons. The monoisotopic (exact) mass is 852 g/mol. The maximum atomic E-state index is 13.3. The number of aromatic nitrogens is 2. The first-order valence-electron chi connectivity index (χ1n) is 17.2. The minimum absolute atomic E-state index is 0.0249. The maximum Gasteiger partial charge on any atom is 0.417 e. The van der Waals surface area contributed by atoms with E-state index in [1.54, 1.807) is 32.8 Å². The van der Waals surface area contributed by atoms with Gasteiger partial charge in [-0.3, -0.25) is 24.0 Å². The van der Waals surface area contributed by atoms with Gasteiger partial charge in [0.25, 0.3) is 11.1 Å². The molecule has 17 heteroatoms. The van der Waals surface area contributed by atoms with Crippen molar-refractivity contribution in [3.05, 3.63) is 66.4 Å². The number of carbonyl (C=O) groups excluding carboxylic acids is 2. The topological polar surface area (TPSA) is 103 Å². The number of nitrogens with zero attached hydrogens (tertiary/aromatic N) is 4. The molecule has 308 valence electrons. The molecule has 2 aromatic heterocycles. The largest absolute Gasteiger partial charge is 0.464 e. The first-order valence-corrected chi connectivity index (χ1v) is 18.0. The number of alkyl halides is 6. The molecule has 2 aromatic rings. The Bertz CT molecular complexity index is 1770. The van der Waals surface area contributed by atoms with Crippen LogP contribution in [0, 0.1) is 36.0 Å². The molecule has 2 rings (SSSR count). The van der Waals surface area contributed by atoms with Crippen molar-refractivity contribution in [1.82, 2.24) is 18.9 Å². The number of rotatable bonds is 12. The average Bonchev–Trinajstić information content (AvgIpc) is 3.03. The molecule has 2 heterocycles. The number of esters is 2. The van der Waals surface area contributed by atoms with Crippen LogP contribution in [0.5, 0.6) is 0 Å². The number of carbonyl (C=O) groups is 2. The SMILES string of the molecule is C#CCN(C)C.CCOC(=O)C(CC(C)C)n1cc(Br)c(C(F)(F)F)cc1=O.CCOC(=O)C(CC(C)C)n1cc(C#CCN(C)C)c(C(F)(F)F)cc1=O. The van der Waals surface area contributed by atoms with Crippen LogP contribution < -0.4 is 11.1 Å². The predicted octanol–water partition coefficient (Wildman–Crippen LogP) is 6.89. The molecular formula is C38H51BrF6N4O6. The van der Waals surface area contributed by atoms with Gasteiger partial charge in [0.05, 0.1) is 43.0 Å². The van der Waals surface area contributed by atoms with Crippen molar-refractivity contribution in [1.29, 1.82) is 0 Å². The highest BCUT2D eigenvalue weighted by molar-refractivity contribution is 9.10. The first-order chi connectivity index (χ1) is 25.3. The molecule has 0 bridgehead atoms. The number of ether oxygens (including phenoxy) is 2. The molecule has 0 spiro atoms. The van der Waals surface area contributed by atoms with E-state index in [2.05, 4.69) is 33.7 Å². The Kier molecular flexibility index (Phi) is 22.0. The summed E-state index contributed by atoms with van der Waals surface area (Å²) in [6, 6.07) is -0.983. The van der Waals surface area contributed by atoms with Gasteiger partial charge in [-0.2, -0.15) is 26.3 Å². The van der Waals surface area contributed by atoms with Gasteiger partial charge in [-0.05, 0) is 82.6 Å². The second kappa shape index (κ2) is 23.8. The van der Waals surface area contributed by atoms with Gasteiger partial charge in [0, 0.05) is 29.0 Å². The third-order valence-electron chi connectivity index (χ3n) is 6.93. The predicted molar refractivity (Wildman–Crippen MR) is 202 cm³/mol. The fraction of sp³-hybridized carbons (Fsp3) is 0.579. The third-order valence-corrected chi connectivity index (χ3v) is 7.56. The van der Waals surface area contributed by atoms with Crippen LogP contribution >= 0.6 is 15.9 Å². The molecule has 2 atom stereocenters. The third kappa shape index (κ3) is 18.4. The summed E-state index contributed by atoms with van der Waals surface area (Å²) in [7, 11) is 7.36. The van der Waals surface area contributed by atoms with E-state index >= 15 is 0 Å². The van der Waals surface area contributed by atoms with Crippen LogP contribution in [-0.4, -0.2) is 85.4 Å². The molecule has 0 saturated carbocycles. The van der Waals surface area contributed by atoms with Crippen LogP contribution in [0.3, 0.4) is 0 Å². The number of terminal acetylenes is 1. The summed E-state index contributed by atoms with van der Waals surface area (Å²) < 4.78 is 89.9. The van der Waals surface area contributed by atoms with Crippen LogP contribution in [0.15, 0.2) is 38.6 Å². The minimum atomic E-state index is -4.72. The normalized spacial score (nSPS) is 12.4. The smallest absolute Gasteiger partial charge is 0.417 e. The van der Waals surface area contributed by atoms with E-state index in [4.69, 9.17) is 15.9 Å². The molecule has 0 saturated heterocycles. The van der Waals surface area contributed by atoms with Crippen molar-refractivity contribution in [2.45, 2.75) is 78.8 Å². The van der Waals surface area contributed by atoms with Crippen LogP contribution in [0.25, 0.3) is 0 Å². The Morgan fingerprint density at radius 2 is 1.16 bits per heavy atom. The quantitative estimate of drug-likeness (QED) is 0.129. The van der Waals surface area contributed by atoms with Crippen molar-refractivity contribution >= 4 is 27.9 Å². The van der Waals surface area contributed by atoms with Crippen molar-refractivity contribution in [2.24, 2.45) is 11.8 Å². The second-order valence-electron chi connectivity index (χ2n) is 13.4. The molecule has 0 aromatic carbocycles. The lowest BCUT2D eigenvalue weighted by atomic mass is 10.0. The molecule has 0 fully saturated rings. The maximum absolute atomic E-state index is 13.3. The first kappa shape index (κ1) is 50.9. The molecule has 0 aliphatic rings. The van der Waals surface area contributed by atoms with Crippen molar-refractivity contribution in [2.75, 3.05) is 54.5 Å². The van der Waals surface area contributed by atoms with Gasteiger partial charge in [-0.15, -0.1) is 6.42 Å². The van der Waals surface area contributed by atoms with Crippen molar-refractivity contribution in [3.8, 4) is 24.2 Å². The zero-order chi connectivity index (χ0) is 42.8. The number of pyridine rings is 2. The summed E-state index contributed by atoms with van der Waals surface area (Å²) in [5.41, 5.74) is -4.33. The highest BCUT2D eigenvalue weighted by Gasteiger charge is 2.36. The Morgan fingerprint density at radius 3 is 1.49 bits per heavy atom. The lowest BCUT2D eigenvalue weighted by Gasteiger charge is -2.21. The standard InChI is InChI=1S/C19H25F3N2O3.C14H17BrF3NO3.C5H9N/c1-6-27-18(26)16(10-13(2)3)24-12-14(8-7-9-23(4)5)15(11-17(24)25)19(20,21)22;1-4-22-13(21)11(5-8(2)3)19-7-10(15)9(6-12(19)20)14(16,17)18;1-4-5-6(2)3/h11-13,16H,6,9-10H2,1-5H3;6-8,11H,4-5H2,1-3H3;1H,5H2,2-3H3. The molecular weight excluding hydrogens is 802 g/mol. The van der Waals surface area contributed by atoms with Gasteiger partial charge in [0.1, 0.15) is 12.1 Å². The molecule has 10 nitrogen and oxygen atoms in total. The Hall–Kier alpha value is -4.06. The average molecular weight is 854 g/mol. The molecule has 0 N–H and O–H groups in total. The van der Waals surface area contributed by atoms with E-state index in [0.29, 0.717) is 12.1 Å². The molecule has 0 aliphatic carbocycles. The van der Waals surface area contributed by atoms with Crippen LogP contribution in [0.1, 0.15) is 83.2 Å². The zero-order valence-corrected chi connectivity index (χ0v) is 34.4. The molecule has 0 amide bonds. The van der Waals surface area contributed by atoms with Crippen LogP contribution in [-0.2, 0) is 31.4 Å². The van der Waals surface area contributed by atoms with E-state index in [-0.39, 0.29) is 54.5 Å². The van der Waals surface area contributed by atoms with E-state index in [1.165, 1.54) is 0 Å². The summed E-state index contributed by atoms with van der Waals surface area (Å²) in [6.07, 6.45) is -1.88. The second-order valence-corrected chi connectivity index (χ2v) is 14.3. The van der Waals surface area contributed by atoms with Gasteiger partial charge < -0.3 is 14.0 Å². The fourth-order valence-electron chi connectivity index (χ4n) is 4.60. The summed E-state index contributed by atoms with van der Waals surface area (Å²) in [5.74, 6) is 6.40. The Labute approximate surface area is 327 Å². The Morgan fingerprint density at radius 1 is 0.764 bits per heavy atom. The van der Waals surface area contributed by atoms with Crippen molar-refractivity contribution in [3.63, 3.8) is 0 Å². The van der Waals surface area contributed by atoms with Gasteiger partial charge in [0.2, 0.25) is 0 Å². The highest BCUT2D eigenvalue weighted by atomic mass is 79.9. The summed E-state index contributed by atoms with van der Waals surface area (Å²) in [5, 5.41) is 0. The Balaban J connectivity index is 0.000000936. The zero-order valence-electron chi connectivity index (χ0n) is 32.8. The van der Waals surface area contributed by atoms with Gasteiger partial charge in [0.15, 0.2) is 0 Å². The molecule has 55 heavy (non-hydrogen) atoms. The fourth-order valence-corrected chi connectivity index (χ4v) is 5.16. The molecule has 2 unspecified atom stereocenters. The van der Waals surface area contributed by atoms with E-state index in [9.17, 15) is 45.5 Å². The van der Waals surface area contributed by atoms with E-state index in [1.807, 2.05) is 46.7 Å². The lowest BCUT2D eigenvalue weighted by molar-refractivity contribution is -0.148. The number of hydrogen-bond donors (Lipinski definition) is 0. The summed E-state index contributed by atoms with van der Waals surface area (Å²) in [4.78, 5) is 52.3. The molecule has 0 aliphatic heterocycles. The minimum Gasteiger partial charge on any atom is -0.464 e. The van der Waals surface area contributed by atoms with Crippen LogP contribution in [0.4, 0.5) is 26.3 Å². The highest BCUT2D eigenvalue weighted by Crippen LogP contribution is 2.34. The summed E-state index contributed by atoms with van der Waals surface area (Å²) in [6.45, 7) is 11.9.